The number of rotatable bonds is 14. The Bertz CT molecular complexity index is 3510. The van der Waals surface area contributed by atoms with Crippen LogP contribution in [0.5, 0.6) is 11.5 Å². The summed E-state index contributed by atoms with van der Waals surface area (Å²) in [6.07, 6.45) is 0. The molecule has 7 aromatic carbocycles. The van der Waals surface area contributed by atoms with Crippen LogP contribution in [0.2, 0.25) is 0 Å². The molecule has 0 bridgehead atoms. The number of nitrogen functional groups attached to an aromatic ring is 1. The van der Waals surface area contributed by atoms with E-state index in [9.17, 15) is 59.2 Å². The minimum atomic E-state index is -5.32. The van der Waals surface area contributed by atoms with E-state index in [1.807, 2.05) is 30.3 Å². The van der Waals surface area contributed by atoms with Gasteiger partial charge < -0.3 is 26.6 Å². The summed E-state index contributed by atoms with van der Waals surface area (Å²) in [4.78, 5) is 7.43. The van der Waals surface area contributed by atoms with Gasteiger partial charge in [0.2, 0.25) is 0 Å². The maximum atomic E-state index is 12.6. The van der Waals surface area contributed by atoms with Crippen LogP contribution in [0.3, 0.4) is 0 Å². The second-order valence-electron chi connectivity index (χ2n) is 13.6. The summed E-state index contributed by atoms with van der Waals surface area (Å²) in [5.74, 6) is -1.50. The number of phenols is 1. The molecule has 0 saturated carbocycles. The van der Waals surface area contributed by atoms with E-state index in [4.69, 9.17) is 5.73 Å². The van der Waals surface area contributed by atoms with E-state index in [0.717, 1.165) is 42.1 Å². The average molecular weight is 993 g/mol. The molecule has 27 heteroatoms. The predicted molar refractivity (Wildman–Crippen MR) is 237 cm³/mol. The Kier molecular flexibility index (Phi) is 14.9. The van der Waals surface area contributed by atoms with Crippen LogP contribution in [-0.4, -0.2) is 48.9 Å². The third kappa shape index (κ3) is 11.9. The molecular formula is C40H29KN10O13S3. The number of nitrogens with zero attached hydrogens (tertiary/aromatic N) is 7. The van der Waals surface area contributed by atoms with Crippen molar-refractivity contribution in [1.29, 1.82) is 0 Å². The number of hydrogen-bond donors (Lipinski definition) is 7. The van der Waals surface area contributed by atoms with Crippen molar-refractivity contribution in [2.45, 2.75) is 14.7 Å². The smallest absolute Gasteiger partial charge is 0.871 e. The second kappa shape index (κ2) is 20.1. The molecule has 7 aromatic rings. The van der Waals surface area contributed by atoms with Crippen LogP contribution in [-0.2, 0) is 30.4 Å². The molecule has 0 saturated heterocycles. The minimum Gasteiger partial charge on any atom is -0.871 e. The van der Waals surface area contributed by atoms with Gasteiger partial charge in [0.15, 0.2) is 5.75 Å². The Morgan fingerprint density at radius 3 is 1.64 bits per heavy atom. The molecule has 336 valence electrons. The van der Waals surface area contributed by atoms with E-state index in [-0.39, 0.29) is 85.6 Å². The number of benzene rings is 7. The third-order valence-electron chi connectivity index (χ3n) is 9.15. The summed E-state index contributed by atoms with van der Waals surface area (Å²) in [7, 11) is -15.5. The number of azo groups is 3. The fourth-order valence-corrected chi connectivity index (χ4v) is 8.09. The van der Waals surface area contributed by atoms with Crippen molar-refractivity contribution in [3.63, 3.8) is 0 Å². The molecule has 0 spiro atoms. The molecule has 0 heterocycles. The third-order valence-corrected chi connectivity index (χ3v) is 11.8. The molecule has 0 atom stereocenters. The number of anilines is 5. The topological polar surface area (TPSA) is 374 Å². The number of phenolic OH excluding ortho intramolecular Hbond substituents is 1. The summed E-state index contributed by atoms with van der Waals surface area (Å²) in [5.41, 5.74) is 4.94. The van der Waals surface area contributed by atoms with Gasteiger partial charge in [-0.3, -0.25) is 23.8 Å². The van der Waals surface area contributed by atoms with Crippen molar-refractivity contribution in [2.75, 3.05) is 16.4 Å². The number of nitro groups is 1. The normalized spacial score (nSPS) is 12.2. The fraction of sp³-hybridized carbons (Fsp3) is 0. The monoisotopic (exact) mass is 992 g/mol. The first-order valence-electron chi connectivity index (χ1n) is 18.3. The summed E-state index contributed by atoms with van der Waals surface area (Å²) in [6, 6.07) is 28.7. The number of nitrogens with two attached hydrogens (primary N) is 1. The van der Waals surface area contributed by atoms with Crippen LogP contribution in [0.15, 0.2) is 173 Å². The Morgan fingerprint density at radius 1 is 0.552 bits per heavy atom. The Morgan fingerprint density at radius 2 is 1.06 bits per heavy atom. The predicted octanol–water partition coefficient (Wildman–Crippen LogP) is 6.59. The summed E-state index contributed by atoms with van der Waals surface area (Å²) >= 11 is 0. The molecule has 0 aliphatic heterocycles. The summed E-state index contributed by atoms with van der Waals surface area (Å²) in [5, 5.41) is 63.2. The van der Waals surface area contributed by atoms with E-state index in [1.54, 1.807) is 6.07 Å². The van der Waals surface area contributed by atoms with Crippen molar-refractivity contribution >= 4 is 109 Å². The Hall–Kier alpha value is -6.63. The SMILES string of the molecule is Nc1c(N=Nc2ccc([N+](=O)[O-])cc2)c(S(=O)(=O)O)cc2cc(S(=O)(=O)O)c(N=Nc3ccc(Nc4ccc(N=Nc5ccc(Nc6ccccc6)cc5[O-])cc4)c(S(=O)(=O)O)c3)c(O)c12.[K+]. The average Bonchev–Trinajstić information content (AvgIpc) is 3.25. The number of para-hydroxylation sites is 1. The summed E-state index contributed by atoms with van der Waals surface area (Å²) < 4.78 is 105. The van der Waals surface area contributed by atoms with Gasteiger partial charge in [-0.05, 0) is 102 Å². The van der Waals surface area contributed by atoms with Gasteiger partial charge in [-0.25, -0.2) is 0 Å². The number of hydrogen-bond acceptors (Lipinski definition) is 19. The van der Waals surface area contributed by atoms with Crippen LogP contribution in [0.4, 0.5) is 68.2 Å². The quantitative estimate of drug-likeness (QED) is 0.0151. The molecule has 0 fully saturated rings. The number of fused-ring (bicyclic) bond motifs is 1. The largest absolute Gasteiger partial charge is 1.00 e. The molecule has 67 heavy (non-hydrogen) atoms. The van der Waals surface area contributed by atoms with E-state index < -0.39 is 83.5 Å². The molecule has 0 aliphatic carbocycles. The van der Waals surface area contributed by atoms with Crippen LogP contribution < -0.4 is 72.9 Å². The first-order valence-corrected chi connectivity index (χ1v) is 22.7. The molecule has 0 aromatic heterocycles. The number of non-ortho nitro benzene ring substituents is 1. The van der Waals surface area contributed by atoms with Crippen LogP contribution >= 0.6 is 0 Å². The van der Waals surface area contributed by atoms with E-state index in [2.05, 4.69) is 41.3 Å². The molecule has 8 N–H and O–H groups in total. The van der Waals surface area contributed by atoms with Gasteiger partial charge in [-0.15, -0.1) is 10.2 Å². The Balaban J connectivity index is 0.00000741. The maximum absolute atomic E-state index is 12.6. The van der Waals surface area contributed by atoms with Crippen molar-refractivity contribution in [2.24, 2.45) is 30.7 Å². The van der Waals surface area contributed by atoms with E-state index >= 15 is 0 Å². The van der Waals surface area contributed by atoms with Crippen LogP contribution in [0.1, 0.15) is 0 Å². The molecular weight excluding hydrogens is 964 g/mol. The van der Waals surface area contributed by atoms with Gasteiger partial charge in [0.25, 0.3) is 36.0 Å². The molecule has 0 amide bonds. The zero-order valence-corrected chi connectivity index (χ0v) is 39.6. The molecule has 23 nitrogen and oxygen atoms in total. The van der Waals surface area contributed by atoms with Crippen LogP contribution in [0.25, 0.3) is 10.8 Å². The second-order valence-corrected chi connectivity index (χ2v) is 17.8. The van der Waals surface area contributed by atoms with Gasteiger partial charge >= 0.3 is 51.4 Å². The van der Waals surface area contributed by atoms with Gasteiger partial charge in [0.1, 0.15) is 26.1 Å². The molecule has 0 aliphatic rings. The van der Waals surface area contributed by atoms with Crippen molar-refractivity contribution in [3.05, 3.63) is 138 Å². The van der Waals surface area contributed by atoms with Crippen molar-refractivity contribution in [3.8, 4) is 11.5 Å². The standard InChI is InChI=1S/C40H30N10O13S3.K/c41-37-36-22(18-34(65(58,59)60)38(37)48-45-26-10-14-29(15-11-26)50(53)54)19-35(66(61,62)63)39(40(36)52)49-46-28-13-17-31(33(21-28)64(55,56)57)43-24-6-8-25(9-7-24)44-47-30-16-12-27(20-32(30)51)42-23-4-2-1-3-5-23;/h1-21,42-43,51-52H,41H2,(H,55,56,57)(H,58,59,60)(H,61,62,63);/q;+1/p-1. The van der Waals surface area contributed by atoms with Crippen molar-refractivity contribution in [1.82, 2.24) is 0 Å². The van der Waals surface area contributed by atoms with Crippen molar-refractivity contribution < 1.29 is 105 Å². The van der Waals surface area contributed by atoms with E-state index in [0.29, 0.717) is 29.2 Å². The zero-order chi connectivity index (χ0) is 47.6. The fourth-order valence-electron chi connectivity index (χ4n) is 6.09. The summed E-state index contributed by atoms with van der Waals surface area (Å²) in [6.45, 7) is 0. The van der Waals surface area contributed by atoms with Gasteiger partial charge in [-0.2, -0.15) is 45.7 Å². The van der Waals surface area contributed by atoms with Crippen LogP contribution in [0, 0.1) is 10.1 Å². The first-order chi connectivity index (χ1) is 31.2. The first kappa shape index (κ1) is 49.8. The minimum absolute atomic E-state index is 0. The number of nitrogens with one attached hydrogen (secondary N) is 2. The zero-order valence-electron chi connectivity index (χ0n) is 34.0. The number of nitro benzene ring substituents is 1. The van der Waals surface area contributed by atoms with Gasteiger partial charge in [-0.1, -0.05) is 23.9 Å². The molecule has 7 rings (SSSR count). The maximum Gasteiger partial charge on any atom is 1.00 e. The number of aromatic hydroxyl groups is 1. The van der Waals surface area contributed by atoms with Gasteiger partial charge in [0.05, 0.1) is 44.4 Å². The van der Waals surface area contributed by atoms with E-state index in [1.165, 1.54) is 42.5 Å². The van der Waals surface area contributed by atoms with Gasteiger partial charge in [0, 0.05) is 29.2 Å². The molecule has 0 unspecified atom stereocenters. The Labute approximate surface area is 421 Å². The molecule has 0 radical (unpaired) electrons.